The molecule has 156 valence electrons. The van der Waals surface area contributed by atoms with Gasteiger partial charge in [0.15, 0.2) is 0 Å². The Morgan fingerprint density at radius 3 is 2.35 bits per heavy atom. The Bertz CT molecular complexity index is 1230. The van der Waals surface area contributed by atoms with Gasteiger partial charge in [0, 0.05) is 10.6 Å². The van der Waals surface area contributed by atoms with Gasteiger partial charge < -0.3 is 5.32 Å². The van der Waals surface area contributed by atoms with Crippen molar-refractivity contribution >= 4 is 46.6 Å². The van der Waals surface area contributed by atoms with Crippen molar-refractivity contribution in [2.45, 2.75) is 18.7 Å². The fraction of sp³-hybridized carbons (Fsp3) is 0.0833. The number of benzene rings is 3. The molecule has 0 fully saturated rings. The number of thioether (sulfide) groups is 1. The van der Waals surface area contributed by atoms with Crippen molar-refractivity contribution in [2.75, 3.05) is 10.2 Å². The number of anilines is 2. The normalized spacial score (nSPS) is 13.9. The van der Waals surface area contributed by atoms with Gasteiger partial charge in [0.2, 0.25) is 0 Å². The quantitative estimate of drug-likeness (QED) is 0.476. The van der Waals surface area contributed by atoms with E-state index in [1.807, 2.05) is 62.4 Å². The number of imide groups is 1. The molecule has 3 aromatic carbocycles. The smallest absolute Gasteiger partial charge is 0.283 e. The lowest BCUT2D eigenvalue weighted by Gasteiger charge is -2.16. The number of rotatable bonds is 5. The standard InChI is InChI=1S/C24H18ClFN2O2S/c1-14-8-11-20(15(2)12-14)27-21-22(31-17-6-4-3-5-7-17)24(30)28(23(21)29)16-9-10-19(26)18(25)13-16/h3-13,27H,1-2H3. The summed E-state index contributed by atoms with van der Waals surface area (Å²) in [6, 6.07) is 18.9. The Balaban J connectivity index is 1.77. The van der Waals surface area contributed by atoms with Crippen LogP contribution in [-0.2, 0) is 9.59 Å². The van der Waals surface area contributed by atoms with Gasteiger partial charge in [0.1, 0.15) is 16.4 Å². The molecule has 0 aliphatic carbocycles. The molecule has 0 unspecified atom stereocenters. The molecule has 0 aromatic heterocycles. The first kappa shape index (κ1) is 21.2. The largest absolute Gasteiger partial charge is 0.350 e. The fourth-order valence-electron chi connectivity index (χ4n) is 3.27. The second-order valence-electron chi connectivity index (χ2n) is 7.11. The van der Waals surface area contributed by atoms with Crippen LogP contribution in [0.4, 0.5) is 15.8 Å². The lowest BCUT2D eigenvalue weighted by molar-refractivity contribution is -0.120. The monoisotopic (exact) mass is 452 g/mol. The molecule has 1 aliphatic heterocycles. The molecule has 1 aliphatic rings. The first-order valence-electron chi connectivity index (χ1n) is 9.50. The van der Waals surface area contributed by atoms with Gasteiger partial charge in [0.05, 0.1) is 10.7 Å². The van der Waals surface area contributed by atoms with Crippen molar-refractivity contribution in [2.24, 2.45) is 0 Å². The fourth-order valence-corrected chi connectivity index (χ4v) is 4.39. The van der Waals surface area contributed by atoms with Crippen LogP contribution in [-0.4, -0.2) is 11.8 Å². The SMILES string of the molecule is Cc1ccc(NC2=C(Sc3ccccc3)C(=O)N(c3ccc(F)c(Cl)c3)C2=O)c(C)c1. The number of amides is 2. The number of nitrogens with one attached hydrogen (secondary N) is 1. The zero-order valence-electron chi connectivity index (χ0n) is 16.8. The molecule has 2 amide bonds. The van der Waals surface area contributed by atoms with E-state index in [-0.39, 0.29) is 21.3 Å². The number of halogens is 2. The highest BCUT2D eigenvalue weighted by Gasteiger charge is 2.40. The molecule has 31 heavy (non-hydrogen) atoms. The van der Waals surface area contributed by atoms with E-state index < -0.39 is 17.6 Å². The topological polar surface area (TPSA) is 49.4 Å². The van der Waals surface area contributed by atoms with Gasteiger partial charge in [-0.15, -0.1) is 0 Å². The minimum atomic E-state index is -0.620. The van der Waals surface area contributed by atoms with E-state index in [0.717, 1.165) is 32.7 Å². The number of carbonyl (C=O) groups is 2. The molecule has 0 radical (unpaired) electrons. The van der Waals surface area contributed by atoms with Crippen molar-refractivity contribution in [1.29, 1.82) is 0 Å². The summed E-state index contributed by atoms with van der Waals surface area (Å²) in [7, 11) is 0. The van der Waals surface area contributed by atoms with E-state index in [4.69, 9.17) is 11.6 Å². The maximum Gasteiger partial charge on any atom is 0.283 e. The van der Waals surface area contributed by atoms with Crippen LogP contribution in [0, 0.1) is 19.7 Å². The van der Waals surface area contributed by atoms with Crippen LogP contribution >= 0.6 is 23.4 Å². The molecule has 1 N–H and O–H groups in total. The summed E-state index contributed by atoms with van der Waals surface area (Å²) in [5.41, 5.74) is 3.15. The minimum Gasteiger partial charge on any atom is -0.350 e. The second kappa shape index (κ2) is 8.57. The highest BCUT2D eigenvalue weighted by atomic mass is 35.5. The van der Waals surface area contributed by atoms with E-state index in [1.54, 1.807) is 0 Å². The van der Waals surface area contributed by atoms with E-state index >= 15 is 0 Å². The van der Waals surface area contributed by atoms with Crippen molar-refractivity contribution in [3.63, 3.8) is 0 Å². The van der Waals surface area contributed by atoms with Crippen LogP contribution in [0.25, 0.3) is 0 Å². The van der Waals surface area contributed by atoms with Gasteiger partial charge in [-0.25, -0.2) is 9.29 Å². The minimum absolute atomic E-state index is 0.161. The van der Waals surface area contributed by atoms with E-state index in [9.17, 15) is 14.0 Å². The highest BCUT2D eigenvalue weighted by Crippen LogP contribution is 2.38. The van der Waals surface area contributed by atoms with Crippen molar-refractivity contribution < 1.29 is 14.0 Å². The molecule has 3 aromatic rings. The van der Waals surface area contributed by atoms with E-state index in [2.05, 4.69) is 5.32 Å². The first-order chi connectivity index (χ1) is 14.8. The Morgan fingerprint density at radius 2 is 1.68 bits per heavy atom. The predicted octanol–water partition coefficient (Wildman–Crippen LogP) is 6.09. The molecule has 4 rings (SSSR count). The van der Waals surface area contributed by atoms with E-state index in [0.29, 0.717) is 0 Å². The van der Waals surface area contributed by atoms with Crippen LogP contribution in [0.5, 0.6) is 0 Å². The number of carbonyl (C=O) groups excluding carboxylic acids is 2. The van der Waals surface area contributed by atoms with Crippen LogP contribution in [0.3, 0.4) is 0 Å². The molecular formula is C24H18ClFN2O2S. The Labute approximate surface area is 188 Å². The molecule has 1 heterocycles. The number of hydrogen-bond acceptors (Lipinski definition) is 4. The molecule has 0 saturated carbocycles. The van der Waals surface area contributed by atoms with Gasteiger partial charge in [-0.1, -0.05) is 59.3 Å². The van der Waals surface area contributed by atoms with E-state index in [1.165, 1.54) is 23.9 Å². The molecule has 7 heteroatoms. The Kier molecular flexibility index (Phi) is 5.85. The second-order valence-corrected chi connectivity index (χ2v) is 8.60. The van der Waals surface area contributed by atoms with Crippen molar-refractivity contribution in [3.05, 3.63) is 99.3 Å². The zero-order valence-corrected chi connectivity index (χ0v) is 18.4. The zero-order chi connectivity index (χ0) is 22.1. The molecule has 0 spiro atoms. The van der Waals surface area contributed by atoms with Crippen molar-refractivity contribution in [3.8, 4) is 0 Å². The molecule has 4 nitrogen and oxygen atoms in total. The van der Waals surface area contributed by atoms with Gasteiger partial charge >= 0.3 is 0 Å². The summed E-state index contributed by atoms with van der Waals surface area (Å²) in [4.78, 5) is 28.7. The lowest BCUT2D eigenvalue weighted by atomic mass is 10.1. The summed E-state index contributed by atoms with van der Waals surface area (Å²) in [5.74, 6) is -1.63. The highest BCUT2D eigenvalue weighted by molar-refractivity contribution is 8.04. The number of aryl methyl sites for hydroxylation is 2. The van der Waals surface area contributed by atoms with Crippen LogP contribution < -0.4 is 10.2 Å². The number of nitrogens with zero attached hydrogens (tertiary/aromatic N) is 1. The van der Waals surface area contributed by atoms with Gasteiger partial charge in [0.25, 0.3) is 11.8 Å². The summed E-state index contributed by atoms with van der Waals surface area (Å²) >= 11 is 7.10. The average molecular weight is 453 g/mol. The molecular weight excluding hydrogens is 435 g/mol. The third-order valence-corrected chi connectivity index (χ3v) is 6.19. The van der Waals surface area contributed by atoms with Crippen LogP contribution in [0.15, 0.2) is 82.2 Å². The summed E-state index contributed by atoms with van der Waals surface area (Å²) in [6.07, 6.45) is 0. The van der Waals surface area contributed by atoms with Gasteiger partial charge in [-0.3, -0.25) is 9.59 Å². The molecule has 0 atom stereocenters. The Morgan fingerprint density at radius 1 is 0.935 bits per heavy atom. The number of hydrogen-bond donors (Lipinski definition) is 1. The van der Waals surface area contributed by atoms with Crippen LogP contribution in [0.2, 0.25) is 5.02 Å². The lowest BCUT2D eigenvalue weighted by Crippen LogP contribution is -2.32. The maximum atomic E-state index is 13.6. The van der Waals surface area contributed by atoms with Gasteiger partial charge in [-0.2, -0.15) is 0 Å². The first-order valence-corrected chi connectivity index (χ1v) is 10.7. The molecule has 0 bridgehead atoms. The average Bonchev–Trinajstić information content (AvgIpc) is 2.97. The maximum absolute atomic E-state index is 13.6. The third-order valence-electron chi connectivity index (χ3n) is 4.81. The summed E-state index contributed by atoms with van der Waals surface area (Å²) in [5, 5.41) is 2.99. The van der Waals surface area contributed by atoms with Gasteiger partial charge in [-0.05, 0) is 55.8 Å². The van der Waals surface area contributed by atoms with Crippen LogP contribution in [0.1, 0.15) is 11.1 Å². The Hall–Kier alpha value is -3.09. The predicted molar refractivity (Wildman–Crippen MR) is 123 cm³/mol. The third kappa shape index (κ3) is 4.22. The molecule has 0 saturated heterocycles. The summed E-state index contributed by atoms with van der Waals surface area (Å²) in [6.45, 7) is 3.91. The summed E-state index contributed by atoms with van der Waals surface area (Å²) < 4.78 is 13.6. The van der Waals surface area contributed by atoms with Crippen molar-refractivity contribution in [1.82, 2.24) is 0 Å².